The summed E-state index contributed by atoms with van der Waals surface area (Å²) in [5.74, 6) is 0. The molecule has 0 spiro atoms. The monoisotopic (exact) mass is 286 g/mol. The van der Waals surface area contributed by atoms with Crippen LogP contribution in [-0.4, -0.2) is 0 Å². The van der Waals surface area contributed by atoms with Crippen molar-refractivity contribution >= 4 is 21.6 Å². The van der Waals surface area contributed by atoms with Gasteiger partial charge < -0.3 is 0 Å². The Bertz CT molecular complexity index is 175. The second kappa shape index (κ2) is 17.2. The average molecular weight is 287 g/mol. The van der Waals surface area contributed by atoms with Gasteiger partial charge in [0, 0.05) is 0 Å². The summed E-state index contributed by atoms with van der Waals surface area (Å²) >= 11 is 0. The molecule has 0 amide bonds. The van der Waals surface area contributed by atoms with E-state index in [0.717, 1.165) is 0 Å². The van der Waals surface area contributed by atoms with Crippen LogP contribution in [0.5, 0.6) is 0 Å². The molecule has 0 saturated carbocycles. The van der Waals surface area contributed by atoms with Gasteiger partial charge in [0.25, 0.3) is 0 Å². The lowest BCUT2D eigenvalue weighted by atomic mass is 10.2. The lowest BCUT2D eigenvalue weighted by molar-refractivity contribution is 0.675. The summed E-state index contributed by atoms with van der Waals surface area (Å²) in [6.07, 6.45) is 18.0. The molecule has 0 aromatic heterocycles. The van der Waals surface area contributed by atoms with Crippen molar-refractivity contribution in [2.24, 2.45) is 0 Å². The Labute approximate surface area is 122 Å². The highest BCUT2D eigenvalue weighted by Gasteiger charge is 1.86. The molecule has 18 heavy (non-hydrogen) atoms. The fourth-order valence-corrected chi connectivity index (χ4v) is 3.07. The maximum absolute atomic E-state index is 2.31. The van der Waals surface area contributed by atoms with Crippen LogP contribution in [0.3, 0.4) is 0 Å². The summed E-state index contributed by atoms with van der Waals surface area (Å²) in [6, 6.07) is 0. The van der Waals surface area contributed by atoms with Crippen LogP contribution in [0.15, 0.2) is 23.0 Å². The van der Waals surface area contributed by atoms with Crippen molar-refractivity contribution in [2.75, 3.05) is 0 Å². The zero-order valence-electron chi connectivity index (χ0n) is 12.2. The first-order chi connectivity index (χ1) is 8.91. The van der Waals surface area contributed by atoms with E-state index in [4.69, 9.17) is 0 Å². The topological polar surface area (TPSA) is 0 Å². The Balaban J connectivity index is 3.13. The van der Waals surface area contributed by atoms with Gasteiger partial charge in [0.15, 0.2) is 0 Å². The van der Waals surface area contributed by atoms with Crippen molar-refractivity contribution in [3.63, 3.8) is 0 Å². The molecule has 0 aliphatic carbocycles. The zero-order chi connectivity index (χ0) is 13.3. The van der Waals surface area contributed by atoms with E-state index in [1.165, 1.54) is 64.2 Å². The van der Waals surface area contributed by atoms with Crippen molar-refractivity contribution in [1.82, 2.24) is 0 Å². The summed E-state index contributed by atoms with van der Waals surface area (Å²) in [4.78, 5) is 0. The Kier molecular flexibility index (Phi) is 17.4. The van der Waals surface area contributed by atoms with E-state index < -0.39 is 0 Å². The molecule has 0 aliphatic rings. The van der Waals surface area contributed by atoms with Crippen molar-refractivity contribution in [3.8, 4) is 0 Å². The Morgan fingerprint density at radius 3 is 1.44 bits per heavy atom. The predicted molar refractivity (Wildman–Crippen MR) is 91.0 cm³/mol. The van der Waals surface area contributed by atoms with Gasteiger partial charge in [0.2, 0.25) is 0 Å². The third-order valence-electron chi connectivity index (χ3n) is 2.81. The maximum atomic E-state index is 2.31. The van der Waals surface area contributed by atoms with Gasteiger partial charge in [-0.05, 0) is 36.5 Å². The quantitative estimate of drug-likeness (QED) is 0.257. The molecule has 0 aromatic rings. The van der Waals surface area contributed by atoms with E-state index in [0.29, 0.717) is 0 Å². The van der Waals surface area contributed by atoms with Gasteiger partial charge in [-0.3, -0.25) is 0 Å². The zero-order valence-corrected chi connectivity index (χ0v) is 13.8. The molecular weight excluding hydrogens is 256 g/mol. The molecule has 0 nitrogen and oxygen atoms in total. The molecule has 0 saturated heterocycles. The van der Waals surface area contributed by atoms with Crippen LogP contribution in [0.25, 0.3) is 0 Å². The second-order valence-corrected chi connectivity index (χ2v) is 6.72. The molecule has 0 rings (SSSR count). The third kappa shape index (κ3) is 16.2. The van der Waals surface area contributed by atoms with Crippen LogP contribution in [0.1, 0.15) is 78.1 Å². The second-order valence-electron chi connectivity index (χ2n) is 4.63. The molecule has 0 aromatic carbocycles. The van der Waals surface area contributed by atoms with E-state index in [1.54, 1.807) is 0 Å². The number of hydrogen-bond donors (Lipinski definition) is 0. The highest BCUT2D eigenvalue weighted by Crippen LogP contribution is 2.24. The Morgan fingerprint density at radius 2 is 1.06 bits per heavy atom. The van der Waals surface area contributed by atoms with Crippen LogP contribution in [0.2, 0.25) is 0 Å². The largest absolute Gasteiger partial charge is 0.0773 e. The third-order valence-corrected chi connectivity index (χ3v) is 4.53. The van der Waals surface area contributed by atoms with E-state index in [2.05, 4.69) is 36.8 Å². The first-order valence-electron chi connectivity index (χ1n) is 7.54. The van der Waals surface area contributed by atoms with Crippen molar-refractivity contribution in [3.05, 3.63) is 23.0 Å². The minimum atomic E-state index is 1.24. The fraction of sp³-hybridized carbons (Fsp3) is 0.750. The van der Waals surface area contributed by atoms with Crippen LogP contribution in [0, 0.1) is 0 Å². The molecule has 0 aliphatic heterocycles. The fourth-order valence-electron chi connectivity index (χ4n) is 1.66. The van der Waals surface area contributed by atoms with E-state index in [9.17, 15) is 0 Å². The summed E-state index contributed by atoms with van der Waals surface area (Å²) in [6.45, 7) is 4.52. The smallest absolute Gasteiger partial charge is 0.0218 e. The van der Waals surface area contributed by atoms with Gasteiger partial charge in [-0.1, -0.05) is 86.1 Å². The van der Waals surface area contributed by atoms with Crippen LogP contribution >= 0.6 is 21.6 Å². The standard InChI is InChI=1S/C16H30S2/c1-3-5-7-9-11-13-15-17-18-16-14-12-10-8-6-4-2/h13-16H,3-12H2,1-2H3. The lowest BCUT2D eigenvalue weighted by Gasteiger charge is -1.94. The Hall–Kier alpha value is 0.180. The molecule has 0 unspecified atom stereocenters. The first-order valence-corrected chi connectivity index (χ1v) is 9.81. The normalized spacial score (nSPS) is 11.9. The van der Waals surface area contributed by atoms with Crippen molar-refractivity contribution < 1.29 is 0 Å². The molecule has 106 valence electrons. The molecule has 0 bridgehead atoms. The predicted octanol–water partition coefficient (Wildman–Crippen LogP) is 7.34. The number of hydrogen-bond acceptors (Lipinski definition) is 2. The van der Waals surface area contributed by atoms with E-state index in [1.807, 2.05) is 21.6 Å². The number of rotatable bonds is 13. The van der Waals surface area contributed by atoms with Crippen molar-refractivity contribution in [2.45, 2.75) is 78.1 Å². The average Bonchev–Trinajstić information content (AvgIpc) is 2.39. The number of unbranched alkanes of at least 4 members (excludes halogenated alkanes) is 8. The summed E-state index contributed by atoms with van der Waals surface area (Å²) in [5, 5.41) is 4.47. The minimum absolute atomic E-state index is 1.24. The molecule has 0 atom stereocenters. The van der Waals surface area contributed by atoms with Gasteiger partial charge in [-0.15, -0.1) is 0 Å². The first kappa shape index (κ1) is 18.2. The van der Waals surface area contributed by atoms with Gasteiger partial charge in [-0.25, -0.2) is 0 Å². The SMILES string of the molecule is CCCCCCC=CSSC=CCCCCCC. The molecule has 0 fully saturated rings. The molecule has 0 radical (unpaired) electrons. The summed E-state index contributed by atoms with van der Waals surface area (Å²) in [5.41, 5.74) is 0. The molecule has 0 heterocycles. The Morgan fingerprint density at radius 1 is 0.611 bits per heavy atom. The highest BCUT2D eigenvalue weighted by molar-refractivity contribution is 8.78. The summed E-state index contributed by atoms with van der Waals surface area (Å²) in [7, 11) is 3.67. The van der Waals surface area contributed by atoms with Crippen LogP contribution in [-0.2, 0) is 0 Å². The minimum Gasteiger partial charge on any atom is -0.0773 e. The van der Waals surface area contributed by atoms with Gasteiger partial charge in [0.05, 0.1) is 0 Å². The van der Waals surface area contributed by atoms with Crippen LogP contribution < -0.4 is 0 Å². The molecular formula is C16H30S2. The van der Waals surface area contributed by atoms with Gasteiger partial charge in [0.1, 0.15) is 0 Å². The van der Waals surface area contributed by atoms with Gasteiger partial charge in [-0.2, -0.15) is 0 Å². The van der Waals surface area contributed by atoms with Crippen LogP contribution in [0.4, 0.5) is 0 Å². The lowest BCUT2D eigenvalue weighted by Crippen LogP contribution is -1.73. The highest BCUT2D eigenvalue weighted by atomic mass is 33.1. The maximum Gasteiger partial charge on any atom is -0.0218 e. The summed E-state index contributed by atoms with van der Waals surface area (Å²) < 4.78 is 0. The van der Waals surface area contributed by atoms with E-state index >= 15 is 0 Å². The van der Waals surface area contributed by atoms with Crippen molar-refractivity contribution in [1.29, 1.82) is 0 Å². The number of allylic oxidation sites excluding steroid dienone is 2. The molecule has 2 heteroatoms. The van der Waals surface area contributed by atoms with Gasteiger partial charge >= 0.3 is 0 Å². The van der Waals surface area contributed by atoms with E-state index in [-0.39, 0.29) is 0 Å². The molecule has 0 N–H and O–H groups in total.